The van der Waals surface area contributed by atoms with Gasteiger partial charge in [-0.2, -0.15) is 0 Å². The molecule has 0 heterocycles. The fraction of sp³-hybridized carbons (Fsp3) is 0.938. The van der Waals surface area contributed by atoms with Gasteiger partial charge in [0.2, 0.25) is 0 Å². The SMILES string of the molecule is CCCCCCCCCCCCOC(=S)CCC. The van der Waals surface area contributed by atoms with E-state index in [-0.39, 0.29) is 0 Å². The highest BCUT2D eigenvalue weighted by Gasteiger charge is 1.96. The molecule has 0 saturated carbocycles. The van der Waals surface area contributed by atoms with Crippen LogP contribution < -0.4 is 0 Å². The molecule has 0 N–H and O–H groups in total. The van der Waals surface area contributed by atoms with Crippen LogP contribution in [0.25, 0.3) is 0 Å². The van der Waals surface area contributed by atoms with E-state index in [1.54, 1.807) is 0 Å². The maximum absolute atomic E-state index is 5.49. The van der Waals surface area contributed by atoms with E-state index in [0.717, 1.165) is 24.5 Å². The van der Waals surface area contributed by atoms with Gasteiger partial charge in [0, 0.05) is 6.42 Å². The first-order chi connectivity index (χ1) is 8.81. The molecule has 0 rings (SSSR count). The van der Waals surface area contributed by atoms with Gasteiger partial charge < -0.3 is 4.74 Å². The molecule has 0 fully saturated rings. The van der Waals surface area contributed by atoms with Gasteiger partial charge in [-0.05, 0) is 25.1 Å². The van der Waals surface area contributed by atoms with Crippen molar-refractivity contribution in [2.24, 2.45) is 0 Å². The smallest absolute Gasteiger partial charge is 0.159 e. The quantitative estimate of drug-likeness (QED) is 0.298. The topological polar surface area (TPSA) is 9.23 Å². The third-order valence-corrected chi connectivity index (χ3v) is 3.54. The molecule has 0 aliphatic heterocycles. The van der Waals surface area contributed by atoms with Crippen LogP contribution in [0.5, 0.6) is 0 Å². The van der Waals surface area contributed by atoms with Crippen LogP contribution in [0.1, 0.15) is 90.9 Å². The van der Waals surface area contributed by atoms with E-state index in [2.05, 4.69) is 13.8 Å². The van der Waals surface area contributed by atoms with Gasteiger partial charge in [0.15, 0.2) is 5.05 Å². The lowest BCUT2D eigenvalue weighted by Gasteiger charge is -2.06. The molecular formula is C16H32OS. The van der Waals surface area contributed by atoms with Crippen LogP contribution in [-0.4, -0.2) is 11.7 Å². The Kier molecular flexibility index (Phi) is 14.9. The van der Waals surface area contributed by atoms with Crippen molar-refractivity contribution in [2.45, 2.75) is 90.9 Å². The van der Waals surface area contributed by atoms with E-state index in [4.69, 9.17) is 17.0 Å². The van der Waals surface area contributed by atoms with Crippen LogP contribution in [-0.2, 0) is 4.74 Å². The highest BCUT2D eigenvalue weighted by Crippen LogP contribution is 2.10. The van der Waals surface area contributed by atoms with Crippen molar-refractivity contribution in [3.63, 3.8) is 0 Å². The molecule has 0 atom stereocenters. The lowest BCUT2D eigenvalue weighted by atomic mass is 10.1. The second-order valence-electron chi connectivity index (χ2n) is 5.15. The Balaban J connectivity index is 3.01. The predicted molar refractivity (Wildman–Crippen MR) is 85.3 cm³/mol. The summed E-state index contributed by atoms with van der Waals surface area (Å²) in [5.74, 6) is 0. The maximum Gasteiger partial charge on any atom is 0.159 e. The van der Waals surface area contributed by atoms with Crippen molar-refractivity contribution in [1.82, 2.24) is 0 Å². The van der Waals surface area contributed by atoms with Crippen molar-refractivity contribution in [1.29, 1.82) is 0 Å². The molecule has 18 heavy (non-hydrogen) atoms. The Morgan fingerprint density at radius 3 is 1.72 bits per heavy atom. The summed E-state index contributed by atoms with van der Waals surface area (Å²) < 4.78 is 5.49. The maximum atomic E-state index is 5.49. The highest BCUT2D eigenvalue weighted by molar-refractivity contribution is 7.80. The summed E-state index contributed by atoms with van der Waals surface area (Å²) in [6, 6.07) is 0. The van der Waals surface area contributed by atoms with Gasteiger partial charge >= 0.3 is 0 Å². The minimum atomic E-state index is 0.799. The molecule has 0 radical (unpaired) electrons. The lowest BCUT2D eigenvalue weighted by molar-refractivity contribution is 0.291. The summed E-state index contributed by atoms with van der Waals surface area (Å²) in [7, 11) is 0. The molecule has 0 aromatic rings. The first-order valence-corrected chi connectivity index (χ1v) is 8.37. The third-order valence-electron chi connectivity index (χ3n) is 3.22. The van der Waals surface area contributed by atoms with Gasteiger partial charge in [-0.25, -0.2) is 0 Å². The molecule has 0 unspecified atom stereocenters. The molecule has 2 heteroatoms. The summed E-state index contributed by atoms with van der Waals surface area (Å²) in [6.45, 7) is 5.24. The van der Waals surface area contributed by atoms with Crippen molar-refractivity contribution in [2.75, 3.05) is 6.61 Å². The van der Waals surface area contributed by atoms with Gasteiger partial charge in [0.05, 0.1) is 6.61 Å². The molecule has 0 amide bonds. The normalized spacial score (nSPS) is 10.6. The summed E-state index contributed by atoms with van der Waals surface area (Å²) in [5.41, 5.74) is 0. The van der Waals surface area contributed by atoms with E-state index < -0.39 is 0 Å². The highest BCUT2D eigenvalue weighted by atomic mass is 32.1. The molecule has 0 spiro atoms. The van der Waals surface area contributed by atoms with Crippen LogP contribution in [0, 0.1) is 0 Å². The molecule has 0 aromatic heterocycles. The largest absolute Gasteiger partial charge is 0.487 e. The molecule has 0 aliphatic carbocycles. The predicted octanol–water partition coefficient (Wildman–Crippen LogP) is 6.05. The standard InChI is InChI=1S/C16H32OS/c1-3-5-6-7-8-9-10-11-12-13-15-17-16(18)14-4-2/h3-15H2,1-2H3. The minimum absolute atomic E-state index is 0.799. The average Bonchev–Trinajstić information content (AvgIpc) is 2.36. The number of hydrogen-bond donors (Lipinski definition) is 0. The van der Waals surface area contributed by atoms with Crippen LogP contribution >= 0.6 is 12.2 Å². The Hall–Kier alpha value is -0.110. The van der Waals surface area contributed by atoms with Crippen molar-refractivity contribution in [3.05, 3.63) is 0 Å². The molecule has 0 aliphatic rings. The zero-order valence-electron chi connectivity index (χ0n) is 12.5. The number of hydrogen-bond acceptors (Lipinski definition) is 2. The first-order valence-electron chi connectivity index (χ1n) is 7.96. The Bertz CT molecular complexity index is 180. The number of thiocarbonyl (C=S) groups is 1. The molecule has 1 nitrogen and oxygen atoms in total. The zero-order valence-corrected chi connectivity index (χ0v) is 13.3. The summed E-state index contributed by atoms with van der Waals surface area (Å²) in [5, 5.41) is 0.799. The van der Waals surface area contributed by atoms with E-state index >= 15 is 0 Å². The van der Waals surface area contributed by atoms with Gasteiger partial charge in [-0.3, -0.25) is 0 Å². The van der Waals surface area contributed by atoms with Gasteiger partial charge in [0.1, 0.15) is 0 Å². The van der Waals surface area contributed by atoms with Crippen LogP contribution in [0.2, 0.25) is 0 Å². The van der Waals surface area contributed by atoms with Crippen LogP contribution in [0.3, 0.4) is 0 Å². The lowest BCUT2D eigenvalue weighted by Crippen LogP contribution is -2.02. The fourth-order valence-electron chi connectivity index (χ4n) is 2.05. The van der Waals surface area contributed by atoms with Crippen LogP contribution in [0.4, 0.5) is 0 Å². The summed E-state index contributed by atoms with van der Waals surface area (Å²) in [4.78, 5) is 0. The van der Waals surface area contributed by atoms with Crippen LogP contribution in [0.15, 0.2) is 0 Å². The molecule has 0 bridgehead atoms. The Labute approximate surface area is 120 Å². The van der Waals surface area contributed by atoms with E-state index in [0.29, 0.717) is 0 Å². The van der Waals surface area contributed by atoms with Gasteiger partial charge in [0.25, 0.3) is 0 Å². The monoisotopic (exact) mass is 272 g/mol. The fourth-order valence-corrected chi connectivity index (χ4v) is 2.34. The zero-order chi connectivity index (χ0) is 13.5. The van der Waals surface area contributed by atoms with Crippen molar-refractivity contribution < 1.29 is 4.74 Å². The Morgan fingerprint density at radius 1 is 0.722 bits per heavy atom. The van der Waals surface area contributed by atoms with Gasteiger partial charge in [-0.15, -0.1) is 0 Å². The number of rotatable bonds is 13. The van der Waals surface area contributed by atoms with Crippen molar-refractivity contribution in [3.8, 4) is 0 Å². The summed E-state index contributed by atoms with van der Waals surface area (Å²) >= 11 is 5.10. The molecule has 0 saturated heterocycles. The second-order valence-corrected chi connectivity index (χ2v) is 5.61. The molecule has 108 valence electrons. The van der Waals surface area contributed by atoms with Gasteiger partial charge in [-0.1, -0.05) is 71.6 Å². The second kappa shape index (κ2) is 14.9. The Morgan fingerprint density at radius 2 is 1.22 bits per heavy atom. The average molecular weight is 272 g/mol. The van der Waals surface area contributed by atoms with E-state index in [9.17, 15) is 0 Å². The van der Waals surface area contributed by atoms with Crippen molar-refractivity contribution >= 4 is 17.3 Å². The number of ether oxygens (including phenoxy) is 1. The third kappa shape index (κ3) is 14.0. The first kappa shape index (κ1) is 17.9. The summed E-state index contributed by atoms with van der Waals surface area (Å²) in [6.07, 6.45) is 15.7. The number of unbranched alkanes of at least 4 members (excludes halogenated alkanes) is 9. The molecular weight excluding hydrogens is 240 g/mol. The van der Waals surface area contributed by atoms with E-state index in [1.165, 1.54) is 64.2 Å². The van der Waals surface area contributed by atoms with E-state index in [1.807, 2.05) is 0 Å². The minimum Gasteiger partial charge on any atom is -0.487 e. The molecule has 0 aromatic carbocycles.